The van der Waals surface area contributed by atoms with E-state index in [4.69, 9.17) is 10.4 Å². The van der Waals surface area contributed by atoms with Gasteiger partial charge in [0.1, 0.15) is 0 Å². The van der Waals surface area contributed by atoms with Gasteiger partial charge < -0.3 is 5.32 Å². The number of nitrogens with one attached hydrogen (secondary N) is 3. The number of benzene rings is 8. The minimum atomic E-state index is -0.267. The van der Waals surface area contributed by atoms with Crippen LogP contribution in [0.3, 0.4) is 0 Å². The highest BCUT2D eigenvalue weighted by molar-refractivity contribution is 6.15. The van der Waals surface area contributed by atoms with Crippen molar-refractivity contribution in [3.05, 3.63) is 239 Å². The van der Waals surface area contributed by atoms with Crippen molar-refractivity contribution in [2.45, 2.75) is 19.3 Å². The molecule has 0 fully saturated rings. The van der Waals surface area contributed by atoms with Crippen molar-refractivity contribution in [2.75, 3.05) is 5.32 Å². The fraction of sp³-hybridized carbons (Fsp3) is 0.0545. The number of amidine groups is 2. The van der Waals surface area contributed by atoms with Gasteiger partial charge in [-0.05, 0) is 92.5 Å². The number of para-hydroxylation sites is 1. The molecule has 0 aromatic heterocycles. The van der Waals surface area contributed by atoms with Gasteiger partial charge in [0.05, 0.1) is 5.71 Å². The van der Waals surface area contributed by atoms with Crippen LogP contribution in [0.2, 0.25) is 0 Å². The maximum Gasteiger partial charge on any atom is 0.161 e. The topological polar surface area (TPSA) is 84.5 Å². The quantitative estimate of drug-likeness (QED) is 0.0990. The minimum absolute atomic E-state index is 0.164. The van der Waals surface area contributed by atoms with Gasteiger partial charge in [0.15, 0.2) is 11.7 Å². The van der Waals surface area contributed by atoms with Crippen LogP contribution in [0.5, 0.6) is 0 Å². The first-order valence-corrected chi connectivity index (χ1v) is 20.1. The van der Waals surface area contributed by atoms with Gasteiger partial charge in [0, 0.05) is 45.3 Å². The molecule has 0 spiro atoms. The van der Waals surface area contributed by atoms with Crippen LogP contribution < -0.4 is 5.32 Å². The molecule has 5 heteroatoms. The maximum atomic E-state index is 9.60. The number of fused-ring (bicyclic) bond motifs is 3. The Morgan fingerprint density at radius 1 is 0.500 bits per heavy atom. The zero-order valence-corrected chi connectivity index (χ0v) is 33.5. The number of aliphatic imine (C=N–C) groups is 2. The van der Waals surface area contributed by atoms with E-state index in [0.29, 0.717) is 11.5 Å². The number of nitrogens with zero attached hydrogens (tertiary/aromatic N) is 2. The first-order chi connectivity index (χ1) is 29.3. The molecule has 9 rings (SSSR count). The summed E-state index contributed by atoms with van der Waals surface area (Å²) < 4.78 is 0. The Morgan fingerprint density at radius 2 is 1.05 bits per heavy atom. The van der Waals surface area contributed by atoms with Gasteiger partial charge in [-0.15, -0.1) is 0 Å². The summed E-state index contributed by atoms with van der Waals surface area (Å²) in [4.78, 5) is 9.52. The third-order valence-electron chi connectivity index (χ3n) is 11.3. The second kappa shape index (κ2) is 16.2. The van der Waals surface area contributed by atoms with Crippen LogP contribution in [0.1, 0.15) is 52.8 Å². The Morgan fingerprint density at radius 3 is 1.77 bits per heavy atom. The largest absolute Gasteiger partial charge is 0.355 e. The molecule has 0 saturated carbocycles. The van der Waals surface area contributed by atoms with E-state index in [1.165, 1.54) is 22.3 Å². The van der Waals surface area contributed by atoms with Crippen LogP contribution in [-0.4, -0.2) is 23.6 Å². The van der Waals surface area contributed by atoms with E-state index >= 15 is 0 Å². The molecule has 8 aromatic rings. The predicted octanol–water partition coefficient (Wildman–Crippen LogP) is 13.4. The highest BCUT2D eigenvalue weighted by Gasteiger charge is 2.35. The molecule has 0 amide bonds. The SMILES string of the molecule is CC1(C)c2cc(C=NC(=NC(=N)c3ccccc3)c3ccccc3)ccc2-c2ccc(-c3cccc(C(=N)c4cc(-c5ccccc5)ccc4Nc4ccccc4)c3)cc21. The lowest BCUT2D eigenvalue weighted by molar-refractivity contribution is 0.660. The summed E-state index contributed by atoms with van der Waals surface area (Å²) >= 11 is 0. The molecule has 0 saturated heterocycles. The van der Waals surface area contributed by atoms with E-state index in [0.717, 1.165) is 61.4 Å². The van der Waals surface area contributed by atoms with E-state index in [9.17, 15) is 5.41 Å². The van der Waals surface area contributed by atoms with Crippen LogP contribution in [0, 0.1) is 10.8 Å². The molecule has 0 radical (unpaired) electrons. The van der Waals surface area contributed by atoms with Gasteiger partial charge in [0.2, 0.25) is 0 Å². The normalized spacial score (nSPS) is 12.8. The molecule has 1 aliphatic rings. The third-order valence-corrected chi connectivity index (χ3v) is 11.3. The van der Waals surface area contributed by atoms with Crippen LogP contribution in [0.15, 0.2) is 210 Å². The van der Waals surface area contributed by atoms with Crippen molar-refractivity contribution in [3.63, 3.8) is 0 Å². The van der Waals surface area contributed by atoms with E-state index in [-0.39, 0.29) is 11.3 Å². The van der Waals surface area contributed by atoms with Crippen LogP contribution in [0.4, 0.5) is 11.4 Å². The smallest absolute Gasteiger partial charge is 0.161 e. The summed E-state index contributed by atoms with van der Waals surface area (Å²) in [5, 5.41) is 21.9. The molecule has 0 heterocycles. The summed E-state index contributed by atoms with van der Waals surface area (Å²) in [5.41, 5.74) is 15.5. The number of rotatable bonds is 9. The molecule has 8 aromatic carbocycles. The number of anilines is 2. The van der Waals surface area contributed by atoms with E-state index in [2.05, 4.69) is 109 Å². The highest BCUT2D eigenvalue weighted by Crippen LogP contribution is 2.50. The van der Waals surface area contributed by atoms with E-state index in [1.807, 2.05) is 121 Å². The molecule has 0 unspecified atom stereocenters. The summed E-state index contributed by atoms with van der Waals surface area (Å²) in [6.45, 7) is 4.57. The summed E-state index contributed by atoms with van der Waals surface area (Å²) in [7, 11) is 0. The average molecular weight is 774 g/mol. The Hall–Kier alpha value is -7.76. The minimum Gasteiger partial charge on any atom is -0.355 e. The molecule has 0 atom stereocenters. The van der Waals surface area contributed by atoms with Crippen molar-refractivity contribution in [1.29, 1.82) is 10.8 Å². The van der Waals surface area contributed by atoms with Crippen LogP contribution >= 0.6 is 0 Å². The molecule has 5 nitrogen and oxygen atoms in total. The van der Waals surface area contributed by atoms with Crippen LogP contribution in [-0.2, 0) is 5.41 Å². The van der Waals surface area contributed by atoms with Gasteiger partial charge in [-0.2, -0.15) is 0 Å². The van der Waals surface area contributed by atoms with E-state index in [1.54, 1.807) is 0 Å². The predicted molar refractivity (Wildman–Crippen MR) is 251 cm³/mol. The van der Waals surface area contributed by atoms with Gasteiger partial charge in [-0.1, -0.05) is 172 Å². The molecular formula is C55H43N5. The molecule has 0 bridgehead atoms. The Bertz CT molecular complexity index is 2930. The fourth-order valence-electron chi connectivity index (χ4n) is 8.03. The lowest BCUT2D eigenvalue weighted by atomic mass is 9.81. The lowest BCUT2D eigenvalue weighted by Crippen LogP contribution is -2.15. The average Bonchev–Trinajstić information content (AvgIpc) is 3.53. The van der Waals surface area contributed by atoms with Gasteiger partial charge in [-0.3, -0.25) is 10.8 Å². The van der Waals surface area contributed by atoms with E-state index < -0.39 is 0 Å². The molecule has 60 heavy (non-hydrogen) atoms. The highest BCUT2D eigenvalue weighted by atomic mass is 14.9. The monoisotopic (exact) mass is 773 g/mol. The second-order valence-corrected chi connectivity index (χ2v) is 15.5. The van der Waals surface area contributed by atoms with Crippen molar-refractivity contribution >= 4 is 35.0 Å². The summed E-state index contributed by atoms with van der Waals surface area (Å²) in [6, 6.07) is 67.8. The number of hydrogen-bond acceptors (Lipinski definition) is 3. The molecule has 1 aliphatic carbocycles. The molecular weight excluding hydrogens is 731 g/mol. The zero-order chi connectivity index (χ0) is 41.1. The Labute approximate surface area is 351 Å². The van der Waals surface area contributed by atoms with Gasteiger partial charge in [-0.25, -0.2) is 9.98 Å². The van der Waals surface area contributed by atoms with Crippen molar-refractivity contribution in [2.24, 2.45) is 9.98 Å². The van der Waals surface area contributed by atoms with Gasteiger partial charge in [0.25, 0.3) is 0 Å². The molecule has 288 valence electrons. The first kappa shape index (κ1) is 37.8. The van der Waals surface area contributed by atoms with Gasteiger partial charge >= 0.3 is 0 Å². The summed E-state index contributed by atoms with van der Waals surface area (Å²) in [5.74, 6) is 0.650. The first-order valence-electron chi connectivity index (χ1n) is 20.1. The van der Waals surface area contributed by atoms with Crippen molar-refractivity contribution in [1.82, 2.24) is 0 Å². The fourth-order valence-corrected chi connectivity index (χ4v) is 8.03. The van der Waals surface area contributed by atoms with Crippen LogP contribution in [0.25, 0.3) is 33.4 Å². The molecule has 0 aliphatic heterocycles. The molecule has 3 N–H and O–H groups in total. The number of hydrogen-bond donors (Lipinski definition) is 3. The Kier molecular flexibility index (Phi) is 10.2. The zero-order valence-electron chi connectivity index (χ0n) is 33.5. The van der Waals surface area contributed by atoms with Crippen molar-refractivity contribution in [3.8, 4) is 33.4 Å². The standard InChI is InChI=1S/C55H43N5/c1-55(2)49-32-37(36-58-54(40-20-11-5-12-21-40)60-53(57)39-18-9-4-10-19-39)26-29-46(49)47-30-27-43(35-50(47)55)41-22-15-23-44(33-41)52(56)48-34-42(38-16-7-3-8-17-38)28-31-51(48)59-45-24-13-6-14-25-45/h3-36,56-57,59H,1-2H3. The maximum absolute atomic E-state index is 9.60. The third kappa shape index (κ3) is 7.64. The lowest BCUT2D eigenvalue weighted by Gasteiger charge is -2.22. The Balaban J connectivity index is 1.01. The van der Waals surface area contributed by atoms with Crippen molar-refractivity contribution < 1.29 is 0 Å². The summed E-state index contributed by atoms with van der Waals surface area (Å²) in [6.07, 6.45) is 1.85. The second-order valence-electron chi connectivity index (χ2n) is 15.5.